The molecule has 1 fully saturated rings. The average molecular weight is 642 g/mol. The first-order valence-corrected chi connectivity index (χ1v) is 15.3. The van der Waals surface area contributed by atoms with Gasteiger partial charge in [-0.15, -0.1) is 11.8 Å². The Morgan fingerprint density at radius 1 is 1.16 bits per heavy atom. The van der Waals surface area contributed by atoms with Gasteiger partial charge in [-0.2, -0.15) is 8.42 Å². The molecule has 43 heavy (non-hydrogen) atoms. The minimum atomic E-state index is -4.33. The van der Waals surface area contributed by atoms with Gasteiger partial charge in [0.05, 0.1) is 11.5 Å². The van der Waals surface area contributed by atoms with Crippen molar-refractivity contribution in [2.24, 2.45) is 5.16 Å². The molecular weight excluding hydrogens is 610 g/mol. The van der Waals surface area contributed by atoms with Gasteiger partial charge in [0, 0.05) is 26.7 Å². The number of amides is 2. The van der Waals surface area contributed by atoms with E-state index in [0.29, 0.717) is 5.57 Å². The van der Waals surface area contributed by atoms with Crippen LogP contribution in [0, 0.1) is 6.92 Å². The molecule has 2 unspecified atom stereocenters. The molecule has 17 heteroatoms. The predicted molar refractivity (Wildman–Crippen MR) is 150 cm³/mol. The van der Waals surface area contributed by atoms with E-state index in [-0.39, 0.29) is 29.6 Å². The number of esters is 2. The third kappa shape index (κ3) is 8.19. The van der Waals surface area contributed by atoms with Crippen LogP contribution in [0.1, 0.15) is 26.3 Å². The van der Waals surface area contributed by atoms with Crippen molar-refractivity contribution in [2.45, 2.75) is 50.3 Å². The molecule has 15 nitrogen and oxygen atoms in total. The van der Waals surface area contributed by atoms with Gasteiger partial charge < -0.3 is 24.4 Å². The molecule has 0 radical (unpaired) electrons. The number of ether oxygens (including phenoxy) is 3. The highest BCUT2D eigenvalue weighted by Gasteiger charge is 2.55. The monoisotopic (exact) mass is 641 g/mol. The van der Waals surface area contributed by atoms with Crippen LogP contribution in [-0.4, -0.2) is 99.0 Å². The molecule has 3 atom stereocenters. The number of methoxy groups -OCH3 is 1. The number of carbonyl (C=O) groups is 5. The van der Waals surface area contributed by atoms with E-state index in [4.69, 9.17) is 23.2 Å². The summed E-state index contributed by atoms with van der Waals surface area (Å²) in [6.07, 6.45) is -1.23. The topological polar surface area (TPSA) is 193 Å². The number of benzene rings is 1. The normalized spacial score (nSPS) is 19.1. The SMILES string of the molecule is CCON=C(C(=O)COS(=O)(=O)c1ccc(C)cc1)C(=O)NC1C(=O)N2C(C(=O)OC(C)OC(C)=O)=C(COC)CS[C@H]12. The van der Waals surface area contributed by atoms with Gasteiger partial charge in [-0.1, -0.05) is 22.9 Å². The second kappa shape index (κ2) is 14.6. The predicted octanol–water partition coefficient (Wildman–Crippen LogP) is 0.415. The molecule has 1 aromatic carbocycles. The standard InChI is InChI=1S/C26H31N3O12S2/c1-6-38-28-20(19(31)12-39-43(35,36)18-9-7-14(2)8-10-18)23(32)27-21-24(33)29-22(17(11-37-5)13-42-25(21)29)26(34)41-16(4)40-15(3)30/h7-10,16,21,25H,6,11-13H2,1-5H3,(H,27,32)/t16?,21?,25-/m1/s1. The van der Waals surface area contributed by atoms with E-state index < -0.39 is 69.7 Å². The lowest BCUT2D eigenvalue weighted by molar-refractivity contribution is -0.182. The quantitative estimate of drug-likeness (QED) is 0.0559. The van der Waals surface area contributed by atoms with Gasteiger partial charge in [0.15, 0.2) is 0 Å². The first-order chi connectivity index (χ1) is 20.3. The van der Waals surface area contributed by atoms with E-state index in [0.717, 1.165) is 17.4 Å². The molecule has 0 spiro atoms. The Morgan fingerprint density at radius 2 is 1.84 bits per heavy atom. The summed E-state index contributed by atoms with van der Waals surface area (Å²) in [4.78, 5) is 69.1. The zero-order chi connectivity index (χ0) is 31.9. The lowest BCUT2D eigenvalue weighted by Crippen LogP contribution is -2.71. The van der Waals surface area contributed by atoms with Crippen molar-refractivity contribution in [3.63, 3.8) is 0 Å². The fourth-order valence-electron chi connectivity index (χ4n) is 3.95. The molecule has 1 N–H and O–H groups in total. The molecule has 234 valence electrons. The molecule has 0 bridgehead atoms. The number of hydrogen-bond donors (Lipinski definition) is 1. The number of β-lactam (4-membered cyclic amide) rings is 1. The lowest BCUT2D eigenvalue weighted by Gasteiger charge is -2.49. The number of nitrogens with zero attached hydrogens (tertiary/aromatic N) is 2. The van der Waals surface area contributed by atoms with Gasteiger partial charge in [0.25, 0.3) is 21.9 Å². The molecule has 1 saturated heterocycles. The molecule has 0 aromatic heterocycles. The number of rotatable bonds is 14. The minimum absolute atomic E-state index is 0.00192. The number of hydrogen-bond acceptors (Lipinski definition) is 14. The molecular formula is C26H31N3O12S2. The largest absolute Gasteiger partial charge is 0.426 e. The number of Topliss-reactive ketones (excluding diaryl/α,β-unsaturated/α-hetero) is 1. The molecule has 2 amide bonds. The Morgan fingerprint density at radius 3 is 2.44 bits per heavy atom. The summed E-state index contributed by atoms with van der Waals surface area (Å²) in [5.41, 5.74) is 0.305. The summed E-state index contributed by atoms with van der Waals surface area (Å²) in [5, 5.41) is 5.14. The maximum Gasteiger partial charge on any atom is 0.358 e. The Labute approximate surface area is 252 Å². The van der Waals surface area contributed by atoms with E-state index in [1.54, 1.807) is 26.0 Å². The number of aryl methyl sites for hydroxylation is 1. The Bertz CT molecular complexity index is 1440. The highest BCUT2D eigenvalue weighted by atomic mass is 32.2. The molecule has 3 rings (SSSR count). The van der Waals surface area contributed by atoms with Crippen molar-refractivity contribution in [3.8, 4) is 0 Å². The second-order valence-electron chi connectivity index (χ2n) is 9.14. The number of thioether (sulfide) groups is 1. The second-order valence-corrected chi connectivity index (χ2v) is 11.9. The van der Waals surface area contributed by atoms with Crippen molar-refractivity contribution in [2.75, 3.05) is 32.7 Å². The Kier molecular flexibility index (Phi) is 11.4. The van der Waals surface area contributed by atoms with Crippen molar-refractivity contribution in [1.29, 1.82) is 0 Å². The van der Waals surface area contributed by atoms with Crippen LogP contribution in [0.3, 0.4) is 0 Å². The van der Waals surface area contributed by atoms with E-state index in [1.807, 2.05) is 0 Å². The molecule has 1 aromatic rings. The van der Waals surface area contributed by atoms with Crippen LogP contribution in [-0.2, 0) is 57.3 Å². The van der Waals surface area contributed by atoms with Crippen LogP contribution in [0.2, 0.25) is 0 Å². The van der Waals surface area contributed by atoms with E-state index in [1.165, 1.54) is 37.9 Å². The average Bonchev–Trinajstić information content (AvgIpc) is 2.94. The number of carbonyl (C=O) groups excluding carboxylic acids is 5. The highest BCUT2D eigenvalue weighted by Crippen LogP contribution is 2.40. The van der Waals surface area contributed by atoms with Crippen molar-refractivity contribution in [3.05, 3.63) is 41.1 Å². The van der Waals surface area contributed by atoms with Crippen LogP contribution >= 0.6 is 11.8 Å². The highest BCUT2D eigenvalue weighted by molar-refractivity contribution is 8.00. The summed E-state index contributed by atoms with van der Waals surface area (Å²) in [6, 6.07) is 4.52. The van der Waals surface area contributed by atoms with Gasteiger partial charge >= 0.3 is 11.9 Å². The van der Waals surface area contributed by atoms with E-state index >= 15 is 0 Å². The van der Waals surface area contributed by atoms with Crippen molar-refractivity contribution >= 4 is 57.1 Å². The van der Waals surface area contributed by atoms with Crippen molar-refractivity contribution < 1.29 is 55.6 Å². The zero-order valence-corrected chi connectivity index (χ0v) is 25.6. The first kappa shape index (κ1) is 33.7. The Balaban J connectivity index is 1.73. The fourth-order valence-corrected chi connectivity index (χ4v) is 6.15. The zero-order valence-electron chi connectivity index (χ0n) is 24.0. The summed E-state index contributed by atoms with van der Waals surface area (Å²) >= 11 is 1.22. The fraction of sp³-hybridized carbons (Fsp3) is 0.462. The van der Waals surface area contributed by atoms with Gasteiger partial charge in [-0.3, -0.25) is 28.3 Å². The maximum absolute atomic E-state index is 13.2. The number of ketones is 1. The first-order valence-electron chi connectivity index (χ1n) is 12.8. The third-order valence-electron chi connectivity index (χ3n) is 5.87. The number of oxime groups is 1. The Hall–Kier alpha value is -3.80. The lowest BCUT2D eigenvalue weighted by atomic mass is 10.0. The van der Waals surface area contributed by atoms with Crippen LogP contribution in [0.4, 0.5) is 0 Å². The minimum Gasteiger partial charge on any atom is -0.426 e. The molecule has 0 saturated carbocycles. The summed E-state index contributed by atoms with van der Waals surface area (Å²) < 4.78 is 45.0. The van der Waals surface area contributed by atoms with Gasteiger partial charge in [0.1, 0.15) is 30.3 Å². The van der Waals surface area contributed by atoms with Crippen molar-refractivity contribution in [1.82, 2.24) is 10.2 Å². The third-order valence-corrected chi connectivity index (χ3v) is 8.49. The summed E-state index contributed by atoms with van der Waals surface area (Å²) in [6.45, 7) is 4.70. The van der Waals surface area contributed by atoms with Crippen LogP contribution in [0.15, 0.2) is 45.6 Å². The van der Waals surface area contributed by atoms with Gasteiger partial charge in [-0.25, -0.2) is 4.79 Å². The number of fused-ring (bicyclic) bond motifs is 1. The van der Waals surface area contributed by atoms with Crippen LogP contribution in [0.25, 0.3) is 0 Å². The van der Waals surface area contributed by atoms with Gasteiger partial charge in [0.2, 0.25) is 17.8 Å². The molecule has 0 aliphatic carbocycles. The van der Waals surface area contributed by atoms with Crippen LogP contribution < -0.4 is 5.32 Å². The molecule has 2 heterocycles. The number of nitrogens with one attached hydrogen (secondary N) is 1. The molecule has 2 aliphatic rings. The maximum atomic E-state index is 13.2. The summed E-state index contributed by atoms with van der Waals surface area (Å²) in [7, 11) is -2.93. The van der Waals surface area contributed by atoms with E-state index in [2.05, 4.69) is 10.5 Å². The van der Waals surface area contributed by atoms with E-state index in [9.17, 15) is 32.4 Å². The molecule has 2 aliphatic heterocycles. The van der Waals surface area contributed by atoms with Gasteiger partial charge in [-0.05, 0) is 31.6 Å². The smallest absolute Gasteiger partial charge is 0.358 e. The van der Waals surface area contributed by atoms with Crippen LogP contribution in [0.5, 0.6) is 0 Å². The summed E-state index contributed by atoms with van der Waals surface area (Å²) in [5.74, 6) is -4.33.